The quantitative estimate of drug-likeness (QED) is 0.696. The van der Waals surface area contributed by atoms with Crippen LogP contribution in [0.25, 0.3) is 0 Å². The molecular weight excluding hydrogens is 459 g/mol. The van der Waals surface area contributed by atoms with Crippen LogP contribution in [0.4, 0.5) is 24.7 Å². The van der Waals surface area contributed by atoms with Crippen LogP contribution in [0.15, 0.2) is 27.3 Å². The number of fused-ring (bicyclic) bond motifs is 3. The summed E-state index contributed by atoms with van der Waals surface area (Å²) in [5.41, 5.74) is 1.30. The van der Waals surface area contributed by atoms with E-state index in [2.05, 4.69) is 41.1 Å². The second-order valence-electron chi connectivity index (χ2n) is 6.76. The molecule has 0 aromatic carbocycles. The van der Waals surface area contributed by atoms with E-state index < -0.39 is 12.1 Å². The molecule has 1 aromatic rings. The van der Waals surface area contributed by atoms with Crippen molar-refractivity contribution in [3.63, 3.8) is 0 Å². The topological polar surface area (TPSA) is 76.5 Å². The number of hydrogen-bond donors (Lipinski definition) is 1. The number of hydroxylamine groups is 1. The molecule has 0 unspecified atom stereocenters. The normalized spacial score (nSPS) is 19.3. The number of nitrogens with one attached hydrogen (secondary N) is 1. The predicted molar refractivity (Wildman–Crippen MR) is 101 cm³/mol. The maximum Gasteiger partial charge on any atom is 0.493 e. The summed E-state index contributed by atoms with van der Waals surface area (Å²) in [7, 11) is 1.99. The number of rotatable bonds is 2. The van der Waals surface area contributed by atoms with E-state index >= 15 is 0 Å². The van der Waals surface area contributed by atoms with E-state index in [1.54, 1.807) is 11.0 Å². The van der Waals surface area contributed by atoms with Crippen molar-refractivity contribution in [3.05, 3.63) is 27.9 Å². The minimum absolute atomic E-state index is 0.164. The molecule has 0 radical (unpaired) electrons. The molecule has 1 fully saturated rings. The van der Waals surface area contributed by atoms with Crippen LogP contribution in [-0.4, -0.2) is 71.7 Å². The first kappa shape index (κ1) is 19.8. The molecule has 3 aliphatic rings. The molecule has 29 heavy (non-hydrogen) atoms. The number of hydrazone groups is 1. The van der Waals surface area contributed by atoms with Gasteiger partial charge in [0.1, 0.15) is 6.34 Å². The average Bonchev–Trinajstić information content (AvgIpc) is 3.06. The Morgan fingerprint density at radius 2 is 1.97 bits per heavy atom. The van der Waals surface area contributed by atoms with Crippen molar-refractivity contribution in [2.75, 3.05) is 43.4 Å². The summed E-state index contributed by atoms with van der Waals surface area (Å²) >= 11 is 3.41. The van der Waals surface area contributed by atoms with Gasteiger partial charge in [0.05, 0.1) is 11.4 Å². The maximum atomic E-state index is 12.7. The maximum absolute atomic E-state index is 12.7. The van der Waals surface area contributed by atoms with Crippen LogP contribution in [0.5, 0.6) is 0 Å². The molecule has 9 nitrogen and oxygen atoms in total. The Labute approximate surface area is 172 Å². The number of aryl methyl sites for hydroxylation is 1. The molecular formula is C16H17BrF3N7O2. The number of aromatic nitrogens is 1. The molecule has 0 atom stereocenters. The molecule has 0 spiro atoms. The van der Waals surface area contributed by atoms with E-state index in [1.807, 2.05) is 18.9 Å². The molecule has 1 aromatic heterocycles. The van der Waals surface area contributed by atoms with Crippen LogP contribution in [0.1, 0.15) is 5.69 Å². The number of pyridine rings is 1. The Morgan fingerprint density at radius 3 is 2.62 bits per heavy atom. The zero-order valence-corrected chi connectivity index (χ0v) is 17.1. The Morgan fingerprint density at radius 1 is 1.28 bits per heavy atom. The number of alkyl halides is 3. The van der Waals surface area contributed by atoms with Crippen molar-refractivity contribution >= 4 is 39.7 Å². The third-order valence-electron chi connectivity index (χ3n) is 4.74. The van der Waals surface area contributed by atoms with Crippen molar-refractivity contribution < 1.29 is 22.8 Å². The first-order chi connectivity index (χ1) is 13.6. The Kier molecular flexibility index (Phi) is 4.81. The van der Waals surface area contributed by atoms with Crippen LogP contribution in [0.2, 0.25) is 0 Å². The smallest absolute Gasteiger partial charge is 0.352 e. The second-order valence-corrected chi connectivity index (χ2v) is 7.62. The molecule has 156 valence electrons. The van der Waals surface area contributed by atoms with Gasteiger partial charge in [-0.1, -0.05) is 5.17 Å². The van der Waals surface area contributed by atoms with Gasteiger partial charge in [-0.2, -0.15) is 13.2 Å². The number of anilines is 2. The van der Waals surface area contributed by atoms with Gasteiger partial charge in [0.2, 0.25) is 5.82 Å². The molecule has 0 bridgehead atoms. The van der Waals surface area contributed by atoms with Gasteiger partial charge < -0.3 is 20.0 Å². The Bertz CT molecular complexity index is 913. The molecule has 4 rings (SSSR count). The fraction of sp³-hybridized carbons (Fsp3) is 0.438. The standard InChI is InChI=1S/C16H17BrF3N7O2/c1-9-10(17)7-11-12(22-9)23-13(25-5-3-24(2)4-6-25)14-26(11)8-21-27(14)29-15(28)16(18,19)20/h7-8H,3-6H2,1-2H3,(H,22,23). The third kappa shape index (κ3) is 3.59. The highest BCUT2D eigenvalue weighted by atomic mass is 79.9. The second kappa shape index (κ2) is 7.06. The molecule has 4 heterocycles. The van der Waals surface area contributed by atoms with Crippen molar-refractivity contribution in [3.8, 4) is 0 Å². The molecule has 1 saturated heterocycles. The largest absolute Gasteiger partial charge is 0.493 e. The van der Waals surface area contributed by atoms with Gasteiger partial charge in [-0.3, -0.25) is 4.90 Å². The number of carbonyl (C=O) groups is 1. The summed E-state index contributed by atoms with van der Waals surface area (Å²) in [6.07, 6.45) is -3.85. The predicted octanol–water partition coefficient (Wildman–Crippen LogP) is 2.04. The molecule has 0 saturated carbocycles. The number of likely N-dealkylation sites (N-methyl/N-ethyl adjacent to an activating group) is 1. The van der Waals surface area contributed by atoms with Gasteiger partial charge in [0.15, 0.2) is 11.6 Å². The number of piperazine rings is 1. The van der Waals surface area contributed by atoms with Gasteiger partial charge in [0.25, 0.3) is 0 Å². The monoisotopic (exact) mass is 475 g/mol. The lowest BCUT2D eigenvalue weighted by Crippen LogP contribution is -2.48. The van der Waals surface area contributed by atoms with Gasteiger partial charge in [-0.25, -0.2) is 9.78 Å². The lowest BCUT2D eigenvalue weighted by Gasteiger charge is -2.40. The summed E-state index contributed by atoms with van der Waals surface area (Å²) in [6, 6.07) is 1.77. The highest BCUT2D eigenvalue weighted by Crippen LogP contribution is 2.40. The van der Waals surface area contributed by atoms with Crippen LogP contribution in [-0.2, 0) is 9.63 Å². The number of nitrogens with zero attached hydrogens (tertiary/aromatic N) is 6. The minimum atomic E-state index is -5.14. The van der Waals surface area contributed by atoms with E-state index in [-0.39, 0.29) is 5.82 Å². The first-order valence-corrected chi connectivity index (χ1v) is 9.49. The SMILES string of the molecule is Cc1nc2c(cc1Br)N1C=NN(OC(=O)C(F)(F)F)C1=C(N1CCN(C)CC1)N2. The lowest BCUT2D eigenvalue weighted by atomic mass is 10.2. The Balaban J connectivity index is 1.74. The zero-order chi connectivity index (χ0) is 20.9. The summed E-state index contributed by atoms with van der Waals surface area (Å²) in [6.45, 7) is 4.61. The van der Waals surface area contributed by atoms with Crippen molar-refractivity contribution in [2.24, 2.45) is 5.10 Å². The summed E-state index contributed by atoms with van der Waals surface area (Å²) < 4.78 is 38.9. The number of hydrogen-bond acceptors (Lipinski definition) is 9. The summed E-state index contributed by atoms with van der Waals surface area (Å²) in [5.74, 6) is -1.20. The molecule has 0 aliphatic carbocycles. The van der Waals surface area contributed by atoms with E-state index in [1.165, 1.54) is 6.34 Å². The molecule has 1 N–H and O–H groups in total. The third-order valence-corrected chi connectivity index (χ3v) is 5.54. The molecule has 0 amide bonds. The van der Waals surface area contributed by atoms with Crippen LogP contribution >= 0.6 is 15.9 Å². The van der Waals surface area contributed by atoms with E-state index in [9.17, 15) is 18.0 Å². The van der Waals surface area contributed by atoms with E-state index in [0.29, 0.717) is 35.6 Å². The summed E-state index contributed by atoms with van der Waals surface area (Å²) in [4.78, 5) is 26.1. The van der Waals surface area contributed by atoms with Gasteiger partial charge in [-0.05, 0) is 36.0 Å². The fourth-order valence-corrected chi connectivity index (χ4v) is 3.45. The number of halogens is 4. The van der Waals surface area contributed by atoms with Gasteiger partial charge >= 0.3 is 12.1 Å². The van der Waals surface area contributed by atoms with Crippen molar-refractivity contribution in [1.82, 2.24) is 20.0 Å². The Hall–Kier alpha value is -2.54. The molecule has 13 heteroatoms. The fourth-order valence-electron chi connectivity index (χ4n) is 3.14. The minimum Gasteiger partial charge on any atom is -0.352 e. The summed E-state index contributed by atoms with van der Waals surface area (Å²) in [5, 5.41) is 7.63. The average molecular weight is 476 g/mol. The number of carbonyl (C=O) groups excluding carboxylic acids is 1. The van der Waals surface area contributed by atoms with Crippen LogP contribution in [0, 0.1) is 6.92 Å². The van der Waals surface area contributed by atoms with Crippen molar-refractivity contribution in [1.29, 1.82) is 0 Å². The van der Waals surface area contributed by atoms with Crippen molar-refractivity contribution in [2.45, 2.75) is 13.1 Å². The van der Waals surface area contributed by atoms with Crippen LogP contribution < -0.4 is 10.2 Å². The van der Waals surface area contributed by atoms with E-state index in [0.717, 1.165) is 23.3 Å². The first-order valence-electron chi connectivity index (χ1n) is 8.69. The zero-order valence-electron chi connectivity index (χ0n) is 15.5. The van der Waals surface area contributed by atoms with Gasteiger partial charge in [0, 0.05) is 30.7 Å². The van der Waals surface area contributed by atoms with E-state index in [4.69, 9.17) is 0 Å². The van der Waals surface area contributed by atoms with Gasteiger partial charge in [-0.15, -0.1) is 5.10 Å². The molecule has 3 aliphatic heterocycles. The highest BCUT2D eigenvalue weighted by molar-refractivity contribution is 9.10. The lowest BCUT2D eigenvalue weighted by molar-refractivity contribution is -0.231. The highest BCUT2D eigenvalue weighted by Gasteiger charge is 2.46. The van der Waals surface area contributed by atoms with Crippen LogP contribution in [0.3, 0.4) is 0 Å².